The van der Waals surface area contributed by atoms with Gasteiger partial charge in [-0.15, -0.1) is 0 Å². The van der Waals surface area contributed by atoms with Crippen LogP contribution < -0.4 is 0 Å². The molecule has 1 aliphatic rings. The van der Waals surface area contributed by atoms with Gasteiger partial charge in [0.2, 0.25) is 11.8 Å². The molecule has 1 rings (SSSR count). The fourth-order valence-corrected chi connectivity index (χ4v) is 1.89. The Hall–Kier alpha value is -0.710. The Morgan fingerprint density at radius 3 is 2.38 bits per heavy atom. The maximum absolute atomic E-state index is 11.8. The molecule has 0 radical (unpaired) electrons. The molecule has 16 heavy (non-hydrogen) atoms. The minimum atomic E-state index is 0.0571. The summed E-state index contributed by atoms with van der Waals surface area (Å²) < 4.78 is 0. The summed E-state index contributed by atoms with van der Waals surface area (Å²) in [6.07, 6.45) is 0.895. The van der Waals surface area contributed by atoms with Gasteiger partial charge < -0.3 is 9.80 Å². The van der Waals surface area contributed by atoms with E-state index in [1.54, 1.807) is 9.80 Å². The Labute approximate surface area is 102 Å². The highest BCUT2D eigenvalue weighted by Crippen LogP contribution is 2.09. The van der Waals surface area contributed by atoms with Gasteiger partial charge in [-0.05, 0) is 18.1 Å². The van der Waals surface area contributed by atoms with Crippen LogP contribution in [0.5, 0.6) is 0 Å². The van der Waals surface area contributed by atoms with Crippen LogP contribution in [0.15, 0.2) is 0 Å². The highest BCUT2D eigenvalue weighted by molar-refractivity contribution is 7.80. The largest absolute Gasteiger partial charge is 0.332 e. The van der Waals surface area contributed by atoms with E-state index in [-0.39, 0.29) is 24.9 Å². The fourth-order valence-electron chi connectivity index (χ4n) is 1.78. The number of hydrogen-bond acceptors (Lipinski definition) is 3. The molecule has 1 fully saturated rings. The topological polar surface area (TPSA) is 40.6 Å². The molecule has 92 valence electrons. The Morgan fingerprint density at radius 1 is 1.25 bits per heavy atom. The predicted molar refractivity (Wildman–Crippen MR) is 66.5 cm³/mol. The molecule has 1 aliphatic heterocycles. The molecule has 1 saturated heterocycles. The number of carbonyl (C=O) groups is 2. The summed E-state index contributed by atoms with van der Waals surface area (Å²) in [7, 11) is 0. The quantitative estimate of drug-likeness (QED) is 0.721. The first-order valence-corrected chi connectivity index (χ1v) is 6.38. The number of piperazine rings is 1. The molecule has 0 bridgehead atoms. The first kappa shape index (κ1) is 13.4. The lowest BCUT2D eigenvalue weighted by Gasteiger charge is -2.34. The highest BCUT2D eigenvalue weighted by atomic mass is 32.1. The van der Waals surface area contributed by atoms with Crippen molar-refractivity contribution >= 4 is 24.4 Å². The monoisotopic (exact) mass is 244 g/mol. The van der Waals surface area contributed by atoms with Gasteiger partial charge in [0.15, 0.2) is 0 Å². The van der Waals surface area contributed by atoms with Crippen molar-refractivity contribution < 1.29 is 9.59 Å². The molecule has 4 nitrogen and oxygen atoms in total. The van der Waals surface area contributed by atoms with Crippen molar-refractivity contribution in [3.05, 3.63) is 0 Å². The minimum Gasteiger partial charge on any atom is -0.332 e. The molecule has 1 unspecified atom stereocenters. The molecule has 0 aromatic rings. The summed E-state index contributed by atoms with van der Waals surface area (Å²) in [6.45, 7) is 5.83. The number of carbonyl (C=O) groups excluding carboxylic acids is 2. The van der Waals surface area contributed by atoms with Crippen LogP contribution >= 0.6 is 12.6 Å². The minimum absolute atomic E-state index is 0.0571. The highest BCUT2D eigenvalue weighted by Gasteiger charge is 2.29. The van der Waals surface area contributed by atoms with Crippen LogP contribution in [-0.2, 0) is 9.59 Å². The standard InChI is InChI=1S/C11H20N2O2S/c1-3-4-12-6-11(15)13(7-10(12)14)5-9(2)8-16/h9,16H,3-8H2,1-2H3. The SMILES string of the molecule is CCCN1CC(=O)N(CC(C)CS)CC1=O. The van der Waals surface area contributed by atoms with Crippen LogP contribution in [0.3, 0.4) is 0 Å². The van der Waals surface area contributed by atoms with Gasteiger partial charge in [0, 0.05) is 13.1 Å². The van der Waals surface area contributed by atoms with Crippen LogP contribution in [0.2, 0.25) is 0 Å². The second-order valence-electron chi connectivity index (χ2n) is 4.38. The van der Waals surface area contributed by atoms with Crippen LogP contribution in [0, 0.1) is 5.92 Å². The zero-order chi connectivity index (χ0) is 12.1. The van der Waals surface area contributed by atoms with Crippen molar-refractivity contribution in [2.45, 2.75) is 20.3 Å². The molecular formula is C11H20N2O2S. The van der Waals surface area contributed by atoms with Gasteiger partial charge in [-0.3, -0.25) is 9.59 Å². The smallest absolute Gasteiger partial charge is 0.242 e. The first-order valence-electron chi connectivity index (χ1n) is 5.74. The third kappa shape index (κ3) is 3.40. The van der Waals surface area contributed by atoms with E-state index in [2.05, 4.69) is 12.6 Å². The Morgan fingerprint density at radius 2 is 1.81 bits per heavy atom. The average molecular weight is 244 g/mol. The van der Waals surface area contributed by atoms with Gasteiger partial charge in [0.25, 0.3) is 0 Å². The van der Waals surface area contributed by atoms with Crippen molar-refractivity contribution in [1.82, 2.24) is 9.80 Å². The summed E-state index contributed by atoms with van der Waals surface area (Å²) in [6, 6.07) is 0. The number of rotatable bonds is 5. The van der Waals surface area contributed by atoms with E-state index in [9.17, 15) is 9.59 Å². The predicted octanol–water partition coefficient (Wildman–Crippen LogP) is 0.633. The summed E-state index contributed by atoms with van der Waals surface area (Å²) in [4.78, 5) is 26.8. The zero-order valence-electron chi connectivity index (χ0n) is 9.98. The Bertz CT molecular complexity index is 271. The van der Waals surface area contributed by atoms with E-state index in [1.807, 2.05) is 13.8 Å². The molecule has 0 saturated carbocycles. The maximum Gasteiger partial charge on any atom is 0.242 e. The molecular weight excluding hydrogens is 224 g/mol. The van der Waals surface area contributed by atoms with Crippen molar-refractivity contribution in [3.63, 3.8) is 0 Å². The normalized spacial score (nSPS) is 19.2. The third-order valence-corrected chi connectivity index (χ3v) is 3.32. The molecule has 5 heteroatoms. The van der Waals surface area contributed by atoms with E-state index in [4.69, 9.17) is 0 Å². The van der Waals surface area contributed by atoms with Crippen molar-refractivity contribution in [3.8, 4) is 0 Å². The lowest BCUT2D eigenvalue weighted by atomic mass is 10.1. The number of thiol groups is 1. The molecule has 2 amide bonds. The van der Waals surface area contributed by atoms with E-state index >= 15 is 0 Å². The molecule has 1 heterocycles. The number of hydrogen-bond donors (Lipinski definition) is 1. The molecule has 0 aromatic carbocycles. The van der Waals surface area contributed by atoms with Gasteiger partial charge in [-0.1, -0.05) is 13.8 Å². The van der Waals surface area contributed by atoms with Gasteiger partial charge in [0.05, 0.1) is 13.1 Å². The van der Waals surface area contributed by atoms with Gasteiger partial charge in [-0.2, -0.15) is 12.6 Å². The van der Waals surface area contributed by atoms with E-state index < -0.39 is 0 Å². The Kier molecular flexibility index (Phi) is 5.12. The van der Waals surface area contributed by atoms with Crippen LogP contribution in [-0.4, -0.2) is 53.5 Å². The van der Waals surface area contributed by atoms with Crippen molar-refractivity contribution in [1.29, 1.82) is 0 Å². The van der Waals surface area contributed by atoms with Crippen molar-refractivity contribution in [2.75, 3.05) is 31.9 Å². The Balaban J connectivity index is 2.53. The number of nitrogens with zero attached hydrogens (tertiary/aromatic N) is 2. The zero-order valence-corrected chi connectivity index (χ0v) is 10.9. The molecule has 0 aliphatic carbocycles. The lowest BCUT2D eigenvalue weighted by Crippen LogP contribution is -2.54. The molecule has 0 N–H and O–H groups in total. The summed E-state index contributed by atoms with van der Waals surface area (Å²) in [5, 5.41) is 0. The number of amides is 2. The van der Waals surface area contributed by atoms with Gasteiger partial charge in [-0.25, -0.2) is 0 Å². The van der Waals surface area contributed by atoms with Gasteiger partial charge in [0.1, 0.15) is 0 Å². The third-order valence-electron chi connectivity index (χ3n) is 2.69. The van der Waals surface area contributed by atoms with Crippen LogP contribution in [0.25, 0.3) is 0 Å². The van der Waals surface area contributed by atoms with Crippen LogP contribution in [0.1, 0.15) is 20.3 Å². The molecule has 0 spiro atoms. The second-order valence-corrected chi connectivity index (χ2v) is 4.74. The van der Waals surface area contributed by atoms with E-state index in [0.717, 1.165) is 12.2 Å². The van der Waals surface area contributed by atoms with E-state index in [1.165, 1.54) is 0 Å². The molecule has 0 aromatic heterocycles. The summed E-state index contributed by atoms with van der Waals surface area (Å²) in [5.41, 5.74) is 0. The van der Waals surface area contributed by atoms with E-state index in [0.29, 0.717) is 19.0 Å². The van der Waals surface area contributed by atoms with Crippen LogP contribution in [0.4, 0.5) is 0 Å². The first-order chi connectivity index (χ1) is 7.58. The fraction of sp³-hybridized carbons (Fsp3) is 0.818. The second kappa shape index (κ2) is 6.13. The average Bonchev–Trinajstić information content (AvgIpc) is 2.25. The van der Waals surface area contributed by atoms with Gasteiger partial charge >= 0.3 is 0 Å². The summed E-state index contributed by atoms with van der Waals surface area (Å²) >= 11 is 4.19. The summed E-state index contributed by atoms with van der Waals surface area (Å²) in [5.74, 6) is 1.18. The lowest BCUT2D eigenvalue weighted by molar-refractivity contribution is -0.150. The molecule has 1 atom stereocenters. The van der Waals surface area contributed by atoms with Crippen molar-refractivity contribution in [2.24, 2.45) is 5.92 Å². The maximum atomic E-state index is 11.8.